The van der Waals surface area contributed by atoms with Gasteiger partial charge in [0, 0.05) is 12.5 Å². The van der Waals surface area contributed by atoms with E-state index >= 15 is 0 Å². The van der Waals surface area contributed by atoms with Gasteiger partial charge < -0.3 is 14.2 Å². The molecular weight excluding hydrogens is 419 g/mol. The van der Waals surface area contributed by atoms with Gasteiger partial charge in [-0.05, 0) is 62.9 Å². The predicted molar refractivity (Wildman–Crippen MR) is 115 cm³/mol. The fourth-order valence-corrected chi connectivity index (χ4v) is 4.38. The Morgan fingerprint density at radius 3 is 2.69 bits per heavy atom. The Hall–Kier alpha value is -2.67. The third-order valence-corrected chi connectivity index (χ3v) is 6.07. The molecule has 3 aliphatic rings. The van der Waals surface area contributed by atoms with Crippen molar-refractivity contribution in [1.82, 2.24) is 4.90 Å². The van der Waals surface area contributed by atoms with Gasteiger partial charge >= 0.3 is 6.18 Å². The van der Waals surface area contributed by atoms with Gasteiger partial charge in [0.05, 0.1) is 18.2 Å². The number of ether oxygens (including phenoxy) is 3. The highest BCUT2D eigenvalue weighted by Gasteiger charge is 2.32. The van der Waals surface area contributed by atoms with Gasteiger partial charge in [-0.15, -0.1) is 0 Å². The second kappa shape index (κ2) is 10.3. The van der Waals surface area contributed by atoms with Crippen LogP contribution >= 0.6 is 0 Å². The van der Waals surface area contributed by atoms with Gasteiger partial charge in [0.1, 0.15) is 24.5 Å². The highest BCUT2D eigenvalue weighted by Crippen LogP contribution is 2.32. The minimum Gasteiger partial charge on any atom is -0.493 e. The van der Waals surface area contributed by atoms with Crippen molar-refractivity contribution >= 4 is 0 Å². The van der Waals surface area contributed by atoms with Crippen LogP contribution < -0.4 is 4.74 Å². The third-order valence-electron chi connectivity index (χ3n) is 6.07. The van der Waals surface area contributed by atoms with Crippen molar-refractivity contribution < 1.29 is 27.4 Å². The van der Waals surface area contributed by atoms with Crippen molar-refractivity contribution in [2.24, 2.45) is 5.92 Å². The zero-order chi connectivity index (χ0) is 22.4. The molecule has 1 aromatic rings. The molecule has 2 heterocycles. The normalized spacial score (nSPS) is 22.4. The molecule has 0 saturated carbocycles. The van der Waals surface area contributed by atoms with E-state index in [2.05, 4.69) is 23.1 Å². The quantitative estimate of drug-likeness (QED) is 0.499. The minimum absolute atomic E-state index is 0.0755. The van der Waals surface area contributed by atoms with E-state index in [1.54, 1.807) is 12.5 Å². The number of likely N-dealkylation sites (tertiary alicyclic amines) is 1. The molecule has 32 heavy (non-hydrogen) atoms. The van der Waals surface area contributed by atoms with E-state index < -0.39 is 11.7 Å². The first-order valence-corrected chi connectivity index (χ1v) is 11.0. The molecule has 2 atom stereocenters. The molecule has 1 saturated heterocycles. The Bertz CT molecular complexity index is 887. The topological polar surface area (TPSA) is 30.9 Å². The van der Waals surface area contributed by atoms with Crippen molar-refractivity contribution in [3.63, 3.8) is 0 Å². The van der Waals surface area contributed by atoms with E-state index in [9.17, 15) is 13.2 Å². The number of allylic oxidation sites excluding steroid dienone is 3. The lowest BCUT2D eigenvalue weighted by Crippen LogP contribution is -2.45. The van der Waals surface area contributed by atoms with E-state index in [4.69, 9.17) is 14.2 Å². The maximum absolute atomic E-state index is 12.8. The summed E-state index contributed by atoms with van der Waals surface area (Å²) in [6.07, 6.45) is 11.9. The van der Waals surface area contributed by atoms with E-state index in [1.165, 1.54) is 24.0 Å². The molecule has 0 bridgehead atoms. The third kappa shape index (κ3) is 5.97. The summed E-state index contributed by atoms with van der Waals surface area (Å²) in [5.74, 6) is 1.55. The molecule has 4 nitrogen and oxygen atoms in total. The minimum atomic E-state index is -4.34. The number of alkyl halides is 3. The fourth-order valence-electron chi connectivity index (χ4n) is 4.38. The number of halogens is 3. The smallest absolute Gasteiger partial charge is 0.416 e. The van der Waals surface area contributed by atoms with E-state index in [0.29, 0.717) is 12.4 Å². The van der Waals surface area contributed by atoms with Gasteiger partial charge in [0.15, 0.2) is 5.76 Å². The Kier molecular flexibility index (Phi) is 7.25. The molecule has 7 heteroatoms. The number of piperidine rings is 1. The molecule has 0 spiro atoms. The number of rotatable bonds is 7. The second-order valence-electron chi connectivity index (χ2n) is 8.39. The molecule has 0 N–H and O–H groups in total. The highest BCUT2D eigenvalue weighted by molar-refractivity contribution is 5.29. The Morgan fingerprint density at radius 1 is 1.16 bits per heavy atom. The Balaban J connectivity index is 1.38. The summed E-state index contributed by atoms with van der Waals surface area (Å²) in [5.41, 5.74) is 0.722. The second-order valence-corrected chi connectivity index (χ2v) is 8.39. The molecule has 172 valence electrons. The van der Waals surface area contributed by atoms with Crippen LogP contribution in [0, 0.1) is 5.92 Å². The van der Waals surface area contributed by atoms with Crippen LogP contribution in [0.4, 0.5) is 13.2 Å². The maximum Gasteiger partial charge on any atom is 0.416 e. The molecular formula is C25H28F3NO3. The number of benzene rings is 1. The molecule has 4 rings (SSSR count). The van der Waals surface area contributed by atoms with Crippen LogP contribution in [-0.2, 0) is 15.7 Å². The van der Waals surface area contributed by atoms with Gasteiger partial charge in [-0.3, -0.25) is 4.90 Å². The van der Waals surface area contributed by atoms with E-state index in [1.807, 2.05) is 0 Å². The van der Waals surface area contributed by atoms with Crippen LogP contribution in [0.1, 0.15) is 37.7 Å². The number of nitrogens with zero attached hydrogens (tertiary/aromatic N) is 1. The Labute approximate surface area is 186 Å². The van der Waals surface area contributed by atoms with Crippen LogP contribution in [0.25, 0.3) is 0 Å². The lowest BCUT2D eigenvalue weighted by Gasteiger charge is -2.39. The first-order valence-electron chi connectivity index (χ1n) is 11.0. The lowest BCUT2D eigenvalue weighted by atomic mass is 9.92. The van der Waals surface area contributed by atoms with Crippen LogP contribution in [-0.4, -0.2) is 30.6 Å². The first-order chi connectivity index (χ1) is 15.5. The molecule has 0 aromatic heterocycles. The molecule has 0 amide bonds. The highest BCUT2D eigenvalue weighted by atomic mass is 19.4. The van der Waals surface area contributed by atoms with E-state index in [0.717, 1.165) is 63.1 Å². The molecule has 1 fully saturated rings. The maximum atomic E-state index is 12.8. The Morgan fingerprint density at radius 2 is 2.00 bits per heavy atom. The van der Waals surface area contributed by atoms with Crippen LogP contribution in [0.2, 0.25) is 0 Å². The summed E-state index contributed by atoms with van der Waals surface area (Å²) >= 11 is 0. The summed E-state index contributed by atoms with van der Waals surface area (Å²) in [4.78, 5) is 2.41. The summed E-state index contributed by atoms with van der Waals surface area (Å²) in [5, 5.41) is 0. The average molecular weight is 447 g/mol. The van der Waals surface area contributed by atoms with Gasteiger partial charge in [-0.25, -0.2) is 0 Å². The zero-order valence-corrected chi connectivity index (χ0v) is 17.9. The SMILES string of the molecule is FC(F)(F)c1ccc(OCC2CCCN(C(CC3=CC=CCC3)C3=COC=CO3)C2)cc1. The zero-order valence-electron chi connectivity index (χ0n) is 17.9. The largest absolute Gasteiger partial charge is 0.493 e. The van der Waals surface area contributed by atoms with Crippen LogP contribution in [0.15, 0.2) is 72.6 Å². The van der Waals surface area contributed by atoms with Crippen LogP contribution in [0.3, 0.4) is 0 Å². The standard InChI is InChI=1S/C25H28F3NO3/c26-25(27,28)21-8-10-22(11-9-21)32-17-20-7-4-12-29(16-20)23(24-18-30-13-14-31-24)15-19-5-2-1-3-6-19/h1-2,5,8-11,13-14,18,20,23H,3-4,6-7,12,15-17H2. The lowest BCUT2D eigenvalue weighted by molar-refractivity contribution is -0.137. The van der Waals surface area contributed by atoms with Gasteiger partial charge in [-0.1, -0.05) is 23.8 Å². The van der Waals surface area contributed by atoms with Gasteiger partial charge in [0.25, 0.3) is 0 Å². The molecule has 2 aliphatic heterocycles. The van der Waals surface area contributed by atoms with Crippen molar-refractivity contribution in [3.8, 4) is 5.75 Å². The van der Waals surface area contributed by atoms with Crippen molar-refractivity contribution in [1.29, 1.82) is 0 Å². The first kappa shape index (κ1) is 22.5. The van der Waals surface area contributed by atoms with Gasteiger partial charge in [-0.2, -0.15) is 13.2 Å². The van der Waals surface area contributed by atoms with Gasteiger partial charge in [0.2, 0.25) is 0 Å². The summed E-state index contributed by atoms with van der Waals surface area (Å²) < 4.78 is 55.3. The van der Waals surface area contributed by atoms with Crippen LogP contribution in [0.5, 0.6) is 5.75 Å². The molecule has 1 aromatic carbocycles. The molecule has 1 aliphatic carbocycles. The van der Waals surface area contributed by atoms with Crippen molar-refractivity contribution in [3.05, 3.63) is 78.2 Å². The monoisotopic (exact) mass is 447 g/mol. The predicted octanol–water partition coefficient (Wildman–Crippen LogP) is 6.19. The summed E-state index contributed by atoms with van der Waals surface area (Å²) in [6.45, 7) is 2.25. The molecule has 2 unspecified atom stereocenters. The molecule has 0 radical (unpaired) electrons. The number of hydrogen-bond donors (Lipinski definition) is 0. The van der Waals surface area contributed by atoms with E-state index in [-0.39, 0.29) is 12.0 Å². The summed E-state index contributed by atoms with van der Waals surface area (Å²) in [7, 11) is 0. The van der Waals surface area contributed by atoms with Crippen molar-refractivity contribution in [2.45, 2.75) is 44.3 Å². The summed E-state index contributed by atoms with van der Waals surface area (Å²) in [6, 6.07) is 4.97. The number of hydrogen-bond acceptors (Lipinski definition) is 4. The fraction of sp³-hybridized carbons (Fsp3) is 0.440. The van der Waals surface area contributed by atoms with Crippen molar-refractivity contribution in [2.75, 3.05) is 19.7 Å². The average Bonchev–Trinajstić information content (AvgIpc) is 2.82.